The second-order valence-corrected chi connectivity index (χ2v) is 5.91. The molecule has 1 aliphatic heterocycles. The third-order valence-electron chi connectivity index (χ3n) is 4.36. The molecule has 1 unspecified atom stereocenters. The molecule has 1 fully saturated rings. The fraction of sp³-hybridized carbons (Fsp3) is 0.667. The number of hydrogen-bond acceptors (Lipinski definition) is 4. The Morgan fingerprint density at radius 3 is 2.86 bits per heavy atom. The van der Waals surface area contributed by atoms with Crippen molar-refractivity contribution in [3.8, 4) is 0 Å². The van der Waals surface area contributed by atoms with Crippen LogP contribution in [0, 0.1) is 5.92 Å². The van der Waals surface area contributed by atoms with Gasteiger partial charge in [-0.2, -0.15) is 10.1 Å². The molecule has 0 spiro atoms. The van der Waals surface area contributed by atoms with Gasteiger partial charge in [0, 0.05) is 18.9 Å². The topological polar surface area (TPSA) is 71.8 Å². The number of amides is 1. The summed E-state index contributed by atoms with van der Waals surface area (Å²) in [5.74, 6) is 1.96. The Hall–Kier alpha value is -1.69. The average Bonchev–Trinajstić information content (AvgIpc) is 2.90. The summed E-state index contributed by atoms with van der Waals surface area (Å²) in [6.45, 7) is 2.03. The molecule has 1 aliphatic carbocycles. The summed E-state index contributed by atoms with van der Waals surface area (Å²) < 4.78 is 1.69. The van der Waals surface area contributed by atoms with E-state index in [9.17, 15) is 4.79 Å². The lowest BCUT2D eigenvalue weighted by molar-refractivity contribution is -0.120. The molecule has 0 aromatic carbocycles. The van der Waals surface area contributed by atoms with Gasteiger partial charge in [0.05, 0.1) is 0 Å². The van der Waals surface area contributed by atoms with E-state index >= 15 is 0 Å². The van der Waals surface area contributed by atoms with Crippen LogP contribution in [0.25, 0.3) is 0 Å². The minimum atomic E-state index is 0.0618. The van der Waals surface area contributed by atoms with Crippen LogP contribution in [0.15, 0.2) is 12.2 Å². The number of carbonyl (C=O) groups is 1. The lowest BCUT2D eigenvalue weighted by atomic mass is 9.94. The van der Waals surface area contributed by atoms with Crippen molar-refractivity contribution in [3.63, 3.8) is 0 Å². The van der Waals surface area contributed by atoms with Crippen LogP contribution in [0.5, 0.6) is 0 Å². The van der Waals surface area contributed by atoms with Crippen molar-refractivity contribution in [1.29, 1.82) is 0 Å². The first kappa shape index (κ1) is 14.3. The fourth-order valence-electron chi connectivity index (χ4n) is 3.01. The van der Waals surface area contributed by atoms with Crippen LogP contribution in [-0.2, 0) is 11.8 Å². The highest BCUT2D eigenvalue weighted by molar-refractivity contribution is 5.91. The van der Waals surface area contributed by atoms with E-state index in [0.717, 1.165) is 51.0 Å². The van der Waals surface area contributed by atoms with Crippen LogP contribution in [0.1, 0.15) is 43.8 Å². The summed E-state index contributed by atoms with van der Waals surface area (Å²) in [6, 6.07) is 0. The first-order valence-corrected chi connectivity index (χ1v) is 7.81. The second kappa shape index (κ2) is 6.39. The number of carbonyl (C=O) groups excluding carboxylic acids is 1. The molecule has 0 radical (unpaired) electrons. The number of nitrogens with zero attached hydrogens (tertiary/aromatic N) is 3. The number of nitrogens with one attached hydrogen (secondary N) is 2. The van der Waals surface area contributed by atoms with Gasteiger partial charge in [-0.3, -0.25) is 10.1 Å². The maximum atomic E-state index is 12.3. The number of aromatic nitrogens is 3. The molecule has 1 amide bonds. The van der Waals surface area contributed by atoms with E-state index in [2.05, 4.69) is 32.9 Å². The highest BCUT2D eigenvalue weighted by Gasteiger charge is 2.23. The zero-order chi connectivity index (χ0) is 14.7. The predicted molar refractivity (Wildman–Crippen MR) is 81.0 cm³/mol. The summed E-state index contributed by atoms with van der Waals surface area (Å²) in [7, 11) is 1.84. The van der Waals surface area contributed by atoms with Crippen LogP contribution < -0.4 is 10.6 Å². The molecule has 21 heavy (non-hydrogen) atoms. The van der Waals surface area contributed by atoms with E-state index in [1.165, 1.54) is 0 Å². The largest absolute Gasteiger partial charge is 0.317 e. The normalized spacial score (nSPS) is 23.2. The van der Waals surface area contributed by atoms with E-state index < -0.39 is 0 Å². The Kier molecular flexibility index (Phi) is 4.34. The van der Waals surface area contributed by atoms with E-state index in [4.69, 9.17) is 0 Å². The molecule has 2 heterocycles. The molecule has 0 bridgehead atoms. The van der Waals surface area contributed by atoms with Crippen molar-refractivity contribution >= 4 is 11.9 Å². The first-order chi connectivity index (χ1) is 10.2. The summed E-state index contributed by atoms with van der Waals surface area (Å²) >= 11 is 0. The van der Waals surface area contributed by atoms with Gasteiger partial charge in [0.15, 0.2) is 5.82 Å². The van der Waals surface area contributed by atoms with Gasteiger partial charge in [-0.05, 0) is 45.2 Å². The van der Waals surface area contributed by atoms with Crippen molar-refractivity contribution in [2.45, 2.75) is 38.0 Å². The second-order valence-electron chi connectivity index (χ2n) is 5.91. The van der Waals surface area contributed by atoms with Crippen LogP contribution in [0.2, 0.25) is 0 Å². The third kappa shape index (κ3) is 3.32. The predicted octanol–water partition coefficient (Wildman–Crippen LogP) is 1.58. The maximum absolute atomic E-state index is 12.3. The van der Waals surface area contributed by atoms with Crippen molar-refractivity contribution in [3.05, 3.63) is 18.0 Å². The van der Waals surface area contributed by atoms with Crippen molar-refractivity contribution < 1.29 is 4.79 Å². The highest BCUT2D eigenvalue weighted by Crippen LogP contribution is 2.24. The van der Waals surface area contributed by atoms with Crippen molar-refractivity contribution in [2.75, 3.05) is 18.4 Å². The number of anilines is 1. The van der Waals surface area contributed by atoms with Crippen LogP contribution in [0.3, 0.4) is 0 Å². The summed E-state index contributed by atoms with van der Waals surface area (Å²) in [6.07, 6.45) is 9.07. The molecule has 6 nitrogen and oxygen atoms in total. The Bertz CT molecular complexity index is 530. The molecule has 2 aliphatic rings. The number of rotatable bonds is 3. The first-order valence-electron chi connectivity index (χ1n) is 7.81. The number of piperidine rings is 1. The lowest BCUT2D eigenvalue weighted by Gasteiger charge is -2.19. The quantitative estimate of drug-likeness (QED) is 0.829. The third-order valence-corrected chi connectivity index (χ3v) is 4.36. The van der Waals surface area contributed by atoms with E-state index in [-0.39, 0.29) is 11.8 Å². The van der Waals surface area contributed by atoms with Gasteiger partial charge in [-0.25, -0.2) is 4.68 Å². The van der Waals surface area contributed by atoms with Gasteiger partial charge in [-0.1, -0.05) is 12.2 Å². The summed E-state index contributed by atoms with van der Waals surface area (Å²) in [5, 5.41) is 10.8. The van der Waals surface area contributed by atoms with Gasteiger partial charge >= 0.3 is 0 Å². The van der Waals surface area contributed by atoms with Crippen LogP contribution >= 0.6 is 0 Å². The van der Waals surface area contributed by atoms with Gasteiger partial charge in [0.1, 0.15) is 0 Å². The summed E-state index contributed by atoms with van der Waals surface area (Å²) in [5.41, 5.74) is 0. The van der Waals surface area contributed by atoms with Gasteiger partial charge in [0.2, 0.25) is 11.9 Å². The molecule has 3 rings (SSSR count). The average molecular weight is 289 g/mol. The Morgan fingerprint density at radius 2 is 2.14 bits per heavy atom. The smallest absolute Gasteiger partial charge is 0.230 e. The summed E-state index contributed by atoms with van der Waals surface area (Å²) in [4.78, 5) is 16.8. The monoisotopic (exact) mass is 289 g/mol. The van der Waals surface area contributed by atoms with E-state index in [1.54, 1.807) is 4.68 Å². The number of allylic oxidation sites excluding steroid dienone is 2. The fourth-order valence-corrected chi connectivity index (χ4v) is 3.01. The molecule has 1 aromatic rings. The highest BCUT2D eigenvalue weighted by atomic mass is 16.2. The standard InChI is InChI=1S/C15H23N5O/c1-20-15(18-14(21)12-5-3-2-4-6-12)17-13(19-20)11-7-9-16-10-8-11/h2-3,11-12,16H,4-10H2,1H3,(H,17,18,19,21). The van der Waals surface area contributed by atoms with Crippen LogP contribution in [0.4, 0.5) is 5.95 Å². The van der Waals surface area contributed by atoms with E-state index in [1.807, 2.05) is 7.05 Å². The Balaban J connectivity index is 1.66. The Labute approximate surface area is 125 Å². The van der Waals surface area contributed by atoms with Crippen molar-refractivity contribution in [1.82, 2.24) is 20.1 Å². The molecular formula is C15H23N5O. The molecule has 1 saturated heterocycles. The van der Waals surface area contributed by atoms with Crippen molar-refractivity contribution in [2.24, 2.45) is 13.0 Å². The molecule has 6 heteroatoms. The zero-order valence-corrected chi connectivity index (χ0v) is 12.5. The maximum Gasteiger partial charge on any atom is 0.230 e. The molecule has 1 atom stereocenters. The molecule has 114 valence electrons. The van der Waals surface area contributed by atoms with Gasteiger partial charge in [0.25, 0.3) is 0 Å². The minimum absolute atomic E-state index is 0.0618. The SMILES string of the molecule is Cn1nc(C2CCNCC2)nc1NC(=O)C1CC=CCC1. The molecule has 2 N–H and O–H groups in total. The Morgan fingerprint density at radius 1 is 1.33 bits per heavy atom. The molecule has 1 aromatic heterocycles. The van der Waals surface area contributed by atoms with Crippen LogP contribution in [-0.4, -0.2) is 33.8 Å². The minimum Gasteiger partial charge on any atom is -0.317 e. The number of aryl methyl sites for hydroxylation is 1. The molecular weight excluding hydrogens is 266 g/mol. The zero-order valence-electron chi connectivity index (χ0n) is 12.5. The lowest BCUT2D eigenvalue weighted by Crippen LogP contribution is -2.27. The van der Waals surface area contributed by atoms with E-state index in [0.29, 0.717) is 11.9 Å². The molecule has 0 saturated carbocycles. The van der Waals surface area contributed by atoms with Gasteiger partial charge in [-0.15, -0.1) is 0 Å². The number of hydrogen-bond donors (Lipinski definition) is 2. The van der Waals surface area contributed by atoms with Gasteiger partial charge < -0.3 is 5.32 Å².